The van der Waals surface area contributed by atoms with Crippen molar-refractivity contribution in [2.24, 2.45) is 10.9 Å². The zero-order valence-corrected chi connectivity index (χ0v) is 22.3. The Kier molecular flexibility index (Phi) is 12.0. The molecule has 2 N–H and O–H groups in total. The van der Waals surface area contributed by atoms with Gasteiger partial charge in [-0.15, -0.1) is 35.3 Å². The standard InChI is InChI=1S/C22H33N5O2S.HI/c1-7-24-22(25-13-18(14(3)4)17-10-9-11-23-12-17)27-16(6)20-26-15(5)19(30-20)21(28)29-8-2;/h9-12,14,16,18H,7-8,13H2,1-6H3,(H2,24,25,27);1H. The second kappa shape index (κ2) is 13.6. The number of guanidine groups is 1. The maximum Gasteiger partial charge on any atom is 0.350 e. The van der Waals surface area contributed by atoms with Crippen LogP contribution in [0.15, 0.2) is 29.5 Å². The molecule has 0 saturated carbocycles. The number of carbonyl (C=O) groups is 1. The first-order chi connectivity index (χ1) is 14.4. The van der Waals surface area contributed by atoms with Gasteiger partial charge in [0.25, 0.3) is 0 Å². The van der Waals surface area contributed by atoms with E-state index in [-0.39, 0.29) is 41.9 Å². The molecule has 0 aromatic carbocycles. The van der Waals surface area contributed by atoms with Gasteiger partial charge >= 0.3 is 5.97 Å². The number of esters is 1. The summed E-state index contributed by atoms with van der Waals surface area (Å²) in [6.45, 7) is 13.8. The minimum atomic E-state index is -0.317. The molecule has 0 radical (unpaired) electrons. The van der Waals surface area contributed by atoms with Crippen LogP contribution in [-0.2, 0) is 4.74 Å². The van der Waals surface area contributed by atoms with Gasteiger partial charge in [-0.25, -0.2) is 9.78 Å². The van der Waals surface area contributed by atoms with Crippen LogP contribution in [0.4, 0.5) is 0 Å². The Bertz CT molecular complexity index is 842. The Labute approximate surface area is 206 Å². The average molecular weight is 560 g/mol. The lowest BCUT2D eigenvalue weighted by Crippen LogP contribution is -2.39. The lowest BCUT2D eigenvalue weighted by molar-refractivity contribution is 0.0531. The number of nitrogens with one attached hydrogen (secondary N) is 2. The van der Waals surface area contributed by atoms with E-state index in [1.165, 1.54) is 16.9 Å². The predicted molar refractivity (Wildman–Crippen MR) is 138 cm³/mol. The van der Waals surface area contributed by atoms with Crippen LogP contribution in [0.3, 0.4) is 0 Å². The van der Waals surface area contributed by atoms with Gasteiger partial charge in [0.1, 0.15) is 9.88 Å². The van der Waals surface area contributed by atoms with Crippen LogP contribution in [0.2, 0.25) is 0 Å². The molecule has 0 bridgehead atoms. The van der Waals surface area contributed by atoms with E-state index in [4.69, 9.17) is 9.73 Å². The first kappa shape index (κ1) is 27.3. The number of rotatable bonds is 9. The van der Waals surface area contributed by atoms with Crippen LogP contribution >= 0.6 is 35.3 Å². The van der Waals surface area contributed by atoms with Gasteiger partial charge in [0, 0.05) is 31.4 Å². The summed E-state index contributed by atoms with van der Waals surface area (Å²) in [5, 5.41) is 7.54. The predicted octanol–water partition coefficient (Wildman–Crippen LogP) is 4.70. The molecule has 31 heavy (non-hydrogen) atoms. The molecule has 2 rings (SSSR count). The molecule has 2 heterocycles. The van der Waals surface area contributed by atoms with Crippen LogP contribution in [-0.4, -0.2) is 41.6 Å². The summed E-state index contributed by atoms with van der Waals surface area (Å²) in [4.78, 5) is 26.3. The van der Waals surface area contributed by atoms with Crippen molar-refractivity contribution in [3.63, 3.8) is 0 Å². The zero-order valence-electron chi connectivity index (χ0n) is 19.1. The first-order valence-corrected chi connectivity index (χ1v) is 11.3. The number of nitrogens with zero attached hydrogens (tertiary/aromatic N) is 3. The number of aryl methyl sites for hydroxylation is 1. The highest BCUT2D eigenvalue weighted by Crippen LogP contribution is 2.25. The summed E-state index contributed by atoms with van der Waals surface area (Å²) in [7, 11) is 0. The summed E-state index contributed by atoms with van der Waals surface area (Å²) >= 11 is 1.36. The van der Waals surface area contributed by atoms with E-state index >= 15 is 0 Å². The van der Waals surface area contributed by atoms with Gasteiger partial charge in [-0.2, -0.15) is 0 Å². The highest BCUT2D eigenvalue weighted by Gasteiger charge is 2.21. The van der Waals surface area contributed by atoms with E-state index < -0.39 is 0 Å². The second-order valence-electron chi connectivity index (χ2n) is 7.41. The average Bonchev–Trinajstić information content (AvgIpc) is 3.11. The Morgan fingerprint density at radius 2 is 2.03 bits per heavy atom. The molecule has 7 nitrogen and oxygen atoms in total. The summed E-state index contributed by atoms with van der Waals surface area (Å²) in [5.74, 6) is 1.13. The summed E-state index contributed by atoms with van der Waals surface area (Å²) in [5.41, 5.74) is 1.88. The third-order valence-electron chi connectivity index (χ3n) is 4.71. The van der Waals surface area contributed by atoms with Crippen molar-refractivity contribution in [2.75, 3.05) is 19.7 Å². The summed E-state index contributed by atoms with van der Waals surface area (Å²) < 4.78 is 5.12. The number of pyridine rings is 1. The molecule has 0 aliphatic rings. The molecule has 0 fully saturated rings. The number of aromatic nitrogens is 2. The quantitative estimate of drug-likeness (QED) is 0.201. The molecule has 0 aliphatic carbocycles. The van der Waals surface area contributed by atoms with E-state index in [9.17, 15) is 4.79 Å². The van der Waals surface area contributed by atoms with Crippen LogP contribution in [0.5, 0.6) is 0 Å². The van der Waals surface area contributed by atoms with Crippen molar-refractivity contribution in [1.29, 1.82) is 0 Å². The largest absolute Gasteiger partial charge is 0.462 e. The van der Waals surface area contributed by atoms with Crippen molar-refractivity contribution < 1.29 is 9.53 Å². The molecule has 2 atom stereocenters. The maximum absolute atomic E-state index is 12.1. The number of halogens is 1. The third-order valence-corrected chi connectivity index (χ3v) is 6.03. The fraction of sp³-hybridized carbons (Fsp3) is 0.545. The molecule has 172 valence electrons. The topological polar surface area (TPSA) is 88.5 Å². The first-order valence-electron chi connectivity index (χ1n) is 10.5. The van der Waals surface area contributed by atoms with E-state index in [2.05, 4.69) is 40.5 Å². The van der Waals surface area contributed by atoms with Crippen molar-refractivity contribution in [3.8, 4) is 0 Å². The number of aliphatic imine (C=N–C) groups is 1. The second-order valence-corrected chi connectivity index (χ2v) is 8.44. The SMILES string of the molecule is CCNC(=NCC(c1cccnc1)C(C)C)NC(C)c1nc(C)c(C(=O)OCC)s1.I. The van der Waals surface area contributed by atoms with Gasteiger partial charge in [0.05, 0.1) is 18.3 Å². The van der Waals surface area contributed by atoms with Crippen LogP contribution in [0, 0.1) is 12.8 Å². The van der Waals surface area contributed by atoms with Gasteiger partial charge in [-0.1, -0.05) is 19.9 Å². The molecule has 2 aromatic heterocycles. The van der Waals surface area contributed by atoms with Gasteiger partial charge in [0.2, 0.25) is 0 Å². The Hall–Kier alpha value is -1.75. The minimum absolute atomic E-state index is 0. The molecule has 0 saturated heterocycles. The third kappa shape index (κ3) is 8.03. The normalized spacial score (nSPS) is 13.3. The monoisotopic (exact) mass is 559 g/mol. The number of carbonyl (C=O) groups excluding carboxylic acids is 1. The Morgan fingerprint density at radius 3 is 2.61 bits per heavy atom. The maximum atomic E-state index is 12.1. The van der Waals surface area contributed by atoms with Crippen molar-refractivity contribution in [2.45, 2.75) is 53.5 Å². The smallest absolute Gasteiger partial charge is 0.350 e. The molecular formula is C22H34IN5O2S. The molecule has 9 heteroatoms. The number of thiazole rings is 1. The molecular weight excluding hydrogens is 525 g/mol. The summed E-state index contributed by atoms with van der Waals surface area (Å²) in [6.07, 6.45) is 3.70. The molecule has 0 spiro atoms. The lowest BCUT2D eigenvalue weighted by Gasteiger charge is -2.21. The highest BCUT2D eigenvalue weighted by molar-refractivity contribution is 14.0. The summed E-state index contributed by atoms with van der Waals surface area (Å²) in [6, 6.07) is 3.97. The lowest BCUT2D eigenvalue weighted by atomic mass is 9.89. The van der Waals surface area contributed by atoms with Crippen LogP contribution in [0.25, 0.3) is 0 Å². The molecule has 0 aliphatic heterocycles. The van der Waals surface area contributed by atoms with Crippen molar-refractivity contribution in [3.05, 3.63) is 45.7 Å². The van der Waals surface area contributed by atoms with Gasteiger partial charge in [-0.3, -0.25) is 9.98 Å². The Morgan fingerprint density at radius 1 is 1.29 bits per heavy atom. The van der Waals surface area contributed by atoms with Gasteiger partial charge < -0.3 is 15.4 Å². The van der Waals surface area contributed by atoms with Crippen molar-refractivity contribution in [1.82, 2.24) is 20.6 Å². The zero-order chi connectivity index (χ0) is 22.1. The van der Waals surface area contributed by atoms with Crippen LogP contribution in [0.1, 0.15) is 72.5 Å². The van der Waals surface area contributed by atoms with Crippen LogP contribution < -0.4 is 10.6 Å². The van der Waals surface area contributed by atoms with Gasteiger partial charge in [0.15, 0.2) is 5.96 Å². The molecule has 2 unspecified atom stereocenters. The van der Waals surface area contributed by atoms with E-state index in [0.717, 1.165) is 17.5 Å². The number of ether oxygens (including phenoxy) is 1. The van der Waals surface area contributed by atoms with E-state index in [1.807, 2.05) is 33.0 Å². The highest BCUT2D eigenvalue weighted by atomic mass is 127. The number of hydrogen-bond acceptors (Lipinski definition) is 6. The molecule has 2 aromatic rings. The fourth-order valence-electron chi connectivity index (χ4n) is 3.06. The Balaban J connectivity index is 0.00000480. The number of hydrogen-bond donors (Lipinski definition) is 2. The minimum Gasteiger partial charge on any atom is -0.462 e. The fourth-order valence-corrected chi connectivity index (χ4v) is 4.02. The van der Waals surface area contributed by atoms with E-state index in [0.29, 0.717) is 29.6 Å². The van der Waals surface area contributed by atoms with Crippen molar-refractivity contribution >= 4 is 47.2 Å². The molecule has 0 amide bonds. The van der Waals surface area contributed by atoms with Gasteiger partial charge in [-0.05, 0) is 45.2 Å². The van der Waals surface area contributed by atoms with E-state index in [1.54, 1.807) is 13.1 Å².